The van der Waals surface area contributed by atoms with Gasteiger partial charge in [0.05, 0.1) is 29.8 Å². The maximum absolute atomic E-state index is 13.3. The highest BCUT2D eigenvalue weighted by molar-refractivity contribution is 5.98. The lowest BCUT2D eigenvalue weighted by Gasteiger charge is -2.18. The highest BCUT2D eigenvalue weighted by Gasteiger charge is 2.47. The van der Waals surface area contributed by atoms with Gasteiger partial charge in [-0.15, -0.1) is 0 Å². The second-order valence-electron chi connectivity index (χ2n) is 6.02. The zero-order valence-corrected chi connectivity index (χ0v) is 13.7. The molecule has 0 radical (unpaired) electrons. The van der Waals surface area contributed by atoms with Gasteiger partial charge in [0.2, 0.25) is 5.91 Å². The highest BCUT2D eigenvalue weighted by atomic mass is 19.4. The van der Waals surface area contributed by atoms with Crippen LogP contribution in [0.15, 0.2) is 18.2 Å². The van der Waals surface area contributed by atoms with Crippen LogP contribution in [0.3, 0.4) is 0 Å². The molecule has 10 heteroatoms. The smallest absolute Gasteiger partial charge is 0.320 e. The van der Waals surface area contributed by atoms with E-state index >= 15 is 0 Å². The maximum atomic E-state index is 13.3. The number of Topliss-reactive ketones (excluding diaryl/α,β-unsaturated/α-hetero) is 1. The van der Waals surface area contributed by atoms with E-state index in [1.54, 1.807) is 6.07 Å². The number of nitrogens with zero attached hydrogens (tertiary/aromatic N) is 3. The standard InChI is InChI=1S/C17H12F5N3O2/c18-16(19)6-12(8-24)25(9-16)15(27)4-3-14(26)10-1-2-11(7-23)13(5-10)17(20,21)22/h1-2,5,12H,3-4,6,9H2/t12-/m0/s1. The minimum atomic E-state index is -4.83. The Bertz CT molecular complexity index is 852. The quantitative estimate of drug-likeness (QED) is 0.588. The number of benzene rings is 1. The molecule has 1 atom stereocenters. The molecule has 0 N–H and O–H groups in total. The van der Waals surface area contributed by atoms with Crippen LogP contribution < -0.4 is 0 Å². The molecule has 1 aromatic carbocycles. The lowest BCUT2D eigenvalue weighted by atomic mass is 9.99. The summed E-state index contributed by atoms with van der Waals surface area (Å²) in [5.74, 6) is -4.86. The number of likely N-dealkylation sites (tertiary alicyclic amines) is 1. The van der Waals surface area contributed by atoms with Crippen molar-refractivity contribution in [1.82, 2.24) is 4.90 Å². The minimum Gasteiger partial charge on any atom is -0.320 e. The van der Waals surface area contributed by atoms with Crippen molar-refractivity contribution in [2.75, 3.05) is 6.54 Å². The molecular weight excluding hydrogens is 373 g/mol. The van der Waals surface area contributed by atoms with Crippen molar-refractivity contribution in [3.05, 3.63) is 34.9 Å². The van der Waals surface area contributed by atoms with Gasteiger partial charge in [-0.25, -0.2) is 8.78 Å². The molecule has 142 valence electrons. The lowest BCUT2D eigenvalue weighted by Crippen LogP contribution is -2.36. The van der Waals surface area contributed by atoms with E-state index in [9.17, 15) is 31.5 Å². The van der Waals surface area contributed by atoms with E-state index in [0.717, 1.165) is 12.1 Å². The number of rotatable bonds is 4. The van der Waals surface area contributed by atoms with Crippen LogP contribution in [0.25, 0.3) is 0 Å². The van der Waals surface area contributed by atoms with Crippen molar-refractivity contribution in [2.24, 2.45) is 0 Å². The number of carbonyl (C=O) groups is 2. The number of amides is 1. The van der Waals surface area contributed by atoms with Crippen molar-refractivity contribution in [3.8, 4) is 12.1 Å². The molecule has 1 fully saturated rings. The molecule has 5 nitrogen and oxygen atoms in total. The average Bonchev–Trinajstić information content (AvgIpc) is 2.93. The summed E-state index contributed by atoms with van der Waals surface area (Å²) in [7, 11) is 0. The monoisotopic (exact) mass is 385 g/mol. The molecule has 0 aliphatic carbocycles. The second-order valence-corrected chi connectivity index (χ2v) is 6.02. The summed E-state index contributed by atoms with van der Waals surface area (Å²) < 4.78 is 65.5. The molecule has 27 heavy (non-hydrogen) atoms. The van der Waals surface area contributed by atoms with Gasteiger partial charge in [-0.1, -0.05) is 6.07 Å². The van der Waals surface area contributed by atoms with E-state index in [2.05, 4.69) is 0 Å². The Balaban J connectivity index is 2.09. The third-order valence-electron chi connectivity index (χ3n) is 4.07. The first-order valence-corrected chi connectivity index (χ1v) is 7.70. The molecule has 1 aliphatic heterocycles. The largest absolute Gasteiger partial charge is 0.417 e. The zero-order chi connectivity index (χ0) is 20.4. The molecule has 1 aromatic rings. The number of nitriles is 2. The van der Waals surface area contributed by atoms with Gasteiger partial charge < -0.3 is 4.90 Å². The summed E-state index contributed by atoms with van der Waals surface area (Å²) in [6.45, 7) is -0.937. The maximum Gasteiger partial charge on any atom is 0.417 e. The Kier molecular flexibility index (Phi) is 5.50. The molecule has 0 aromatic heterocycles. The number of halogens is 5. The van der Waals surface area contributed by atoms with Crippen LogP contribution in [0.5, 0.6) is 0 Å². The van der Waals surface area contributed by atoms with E-state index < -0.39 is 66.8 Å². The van der Waals surface area contributed by atoms with E-state index in [1.807, 2.05) is 0 Å². The Hall–Kier alpha value is -3.01. The number of ketones is 1. The van der Waals surface area contributed by atoms with Crippen LogP contribution in [-0.4, -0.2) is 35.1 Å². The van der Waals surface area contributed by atoms with Crippen molar-refractivity contribution in [2.45, 2.75) is 37.4 Å². The molecule has 1 heterocycles. The Morgan fingerprint density at radius 2 is 1.89 bits per heavy atom. The van der Waals surface area contributed by atoms with E-state index in [-0.39, 0.29) is 5.56 Å². The first-order valence-electron chi connectivity index (χ1n) is 7.70. The van der Waals surface area contributed by atoms with Gasteiger partial charge in [0, 0.05) is 24.8 Å². The van der Waals surface area contributed by atoms with Crippen LogP contribution >= 0.6 is 0 Å². The minimum absolute atomic E-state index is 0.349. The van der Waals surface area contributed by atoms with Crippen LogP contribution in [0.4, 0.5) is 22.0 Å². The van der Waals surface area contributed by atoms with Gasteiger partial charge in [-0.3, -0.25) is 9.59 Å². The zero-order valence-electron chi connectivity index (χ0n) is 13.7. The number of alkyl halides is 5. The summed E-state index contributed by atoms with van der Waals surface area (Å²) >= 11 is 0. The van der Waals surface area contributed by atoms with Crippen LogP contribution in [-0.2, 0) is 11.0 Å². The highest BCUT2D eigenvalue weighted by Crippen LogP contribution is 2.34. The summed E-state index contributed by atoms with van der Waals surface area (Å²) in [4.78, 5) is 24.8. The van der Waals surface area contributed by atoms with Crippen LogP contribution in [0.1, 0.15) is 40.7 Å². The fourth-order valence-corrected chi connectivity index (χ4v) is 2.75. The number of hydrogen-bond acceptors (Lipinski definition) is 4. The van der Waals surface area contributed by atoms with Crippen LogP contribution in [0.2, 0.25) is 0 Å². The van der Waals surface area contributed by atoms with Gasteiger partial charge in [0.1, 0.15) is 6.04 Å². The molecule has 1 amide bonds. The predicted octanol–water partition coefficient (Wildman–Crippen LogP) is 3.30. The molecule has 2 rings (SSSR count). The topological polar surface area (TPSA) is 85.0 Å². The second kappa shape index (κ2) is 7.31. The summed E-state index contributed by atoms with van der Waals surface area (Å²) in [5.41, 5.74) is -2.27. The molecule has 0 spiro atoms. The molecular formula is C17H12F5N3O2. The van der Waals surface area contributed by atoms with Crippen molar-refractivity contribution >= 4 is 11.7 Å². The van der Waals surface area contributed by atoms with E-state index in [0.29, 0.717) is 11.0 Å². The molecule has 1 saturated heterocycles. The Morgan fingerprint density at radius 3 is 2.44 bits per heavy atom. The van der Waals surface area contributed by atoms with Gasteiger partial charge in [-0.05, 0) is 12.1 Å². The third kappa shape index (κ3) is 4.59. The number of hydrogen-bond donors (Lipinski definition) is 0. The van der Waals surface area contributed by atoms with E-state index in [4.69, 9.17) is 10.5 Å². The summed E-state index contributed by atoms with van der Waals surface area (Å²) in [5, 5.41) is 17.6. The normalized spacial score (nSPS) is 18.6. The summed E-state index contributed by atoms with van der Waals surface area (Å²) in [6, 6.07) is 4.06. The van der Waals surface area contributed by atoms with Gasteiger partial charge in [-0.2, -0.15) is 23.7 Å². The third-order valence-corrected chi connectivity index (χ3v) is 4.07. The van der Waals surface area contributed by atoms with E-state index in [1.165, 1.54) is 6.07 Å². The lowest BCUT2D eigenvalue weighted by molar-refractivity contribution is -0.137. The molecule has 0 bridgehead atoms. The van der Waals surface area contributed by atoms with Crippen molar-refractivity contribution in [1.29, 1.82) is 10.5 Å². The first-order chi connectivity index (χ1) is 12.5. The number of carbonyl (C=O) groups excluding carboxylic acids is 2. The first kappa shape index (κ1) is 20.3. The van der Waals surface area contributed by atoms with Gasteiger partial charge >= 0.3 is 6.18 Å². The van der Waals surface area contributed by atoms with Crippen molar-refractivity contribution < 1.29 is 31.5 Å². The molecule has 0 saturated carbocycles. The van der Waals surface area contributed by atoms with Gasteiger partial charge in [0.25, 0.3) is 5.92 Å². The SMILES string of the molecule is N#Cc1ccc(C(=O)CCC(=O)N2CC(F)(F)C[C@H]2C#N)cc1C(F)(F)F. The summed E-state index contributed by atoms with van der Waals surface area (Å²) in [6.07, 6.45) is -6.66. The molecule has 1 aliphatic rings. The van der Waals surface area contributed by atoms with Crippen molar-refractivity contribution in [3.63, 3.8) is 0 Å². The van der Waals surface area contributed by atoms with Crippen LogP contribution in [0, 0.1) is 22.7 Å². The average molecular weight is 385 g/mol. The van der Waals surface area contributed by atoms with Gasteiger partial charge in [0.15, 0.2) is 5.78 Å². The molecule has 0 unspecified atom stereocenters. The Labute approximate surface area is 150 Å². The fraction of sp³-hybridized carbons (Fsp3) is 0.412. The predicted molar refractivity (Wildman–Crippen MR) is 80.4 cm³/mol. The Morgan fingerprint density at radius 1 is 1.22 bits per heavy atom. The fourth-order valence-electron chi connectivity index (χ4n) is 2.75.